The number of nitrogens with zero attached hydrogens (tertiary/aromatic N) is 1. The van der Waals surface area contributed by atoms with E-state index in [2.05, 4.69) is 5.32 Å². The summed E-state index contributed by atoms with van der Waals surface area (Å²) >= 11 is 0. The second-order valence-corrected chi connectivity index (χ2v) is 8.93. The zero-order valence-corrected chi connectivity index (χ0v) is 20.7. The summed E-state index contributed by atoms with van der Waals surface area (Å²) in [7, 11) is 0. The highest BCUT2D eigenvalue weighted by molar-refractivity contribution is 6.04. The Kier molecular flexibility index (Phi) is 9.39. The fourth-order valence-corrected chi connectivity index (χ4v) is 4.18. The van der Waals surface area contributed by atoms with E-state index in [4.69, 9.17) is 21.0 Å². The van der Waals surface area contributed by atoms with Gasteiger partial charge in [-0.2, -0.15) is 0 Å². The molecule has 10 nitrogen and oxygen atoms in total. The zero-order valence-electron chi connectivity index (χ0n) is 20.7. The molecule has 1 saturated heterocycles. The molecule has 0 radical (unpaired) electrons. The third kappa shape index (κ3) is 7.65. The van der Waals surface area contributed by atoms with E-state index in [0.29, 0.717) is 11.1 Å². The van der Waals surface area contributed by atoms with Gasteiger partial charge >= 0.3 is 11.9 Å². The van der Waals surface area contributed by atoms with Crippen molar-refractivity contribution in [2.45, 2.75) is 38.7 Å². The number of nitrogens with two attached hydrogens (primary N) is 1. The molecule has 6 N–H and O–H groups in total. The number of amides is 1. The van der Waals surface area contributed by atoms with Gasteiger partial charge in [0.1, 0.15) is 23.3 Å². The van der Waals surface area contributed by atoms with Gasteiger partial charge in [-0.15, -0.1) is 0 Å². The molecular formula is C27H32N4O6. The van der Waals surface area contributed by atoms with Crippen molar-refractivity contribution in [3.8, 4) is 5.75 Å². The lowest BCUT2D eigenvalue weighted by molar-refractivity contribution is -0.138. The summed E-state index contributed by atoms with van der Waals surface area (Å²) in [5, 5.41) is 30.1. The van der Waals surface area contributed by atoms with Crippen LogP contribution in [0, 0.1) is 5.41 Å². The molecule has 1 amide bonds. The Morgan fingerprint density at radius 3 is 2.49 bits per heavy atom. The number of benzene rings is 2. The summed E-state index contributed by atoms with van der Waals surface area (Å²) < 4.78 is 6.05. The average molecular weight is 509 g/mol. The number of rotatable bonds is 11. The monoisotopic (exact) mass is 508 g/mol. The molecule has 2 aromatic rings. The van der Waals surface area contributed by atoms with E-state index in [-0.39, 0.29) is 48.3 Å². The lowest BCUT2D eigenvalue weighted by atomic mass is 10.1. The fraction of sp³-hybridized carbons (Fsp3) is 0.333. The summed E-state index contributed by atoms with van der Waals surface area (Å²) in [5.41, 5.74) is 7.60. The number of carbonyl (C=O) groups excluding carboxylic acids is 1. The maximum Gasteiger partial charge on any atom is 0.341 e. The highest BCUT2D eigenvalue weighted by atomic mass is 16.5. The molecule has 0 atom stereocenters. The van der Waals surface area contributed by atoms with Crippen LogP contribution in [0.5, 0.6) is 5.75 Å². The van der Waals surface area contributed by atoms with Gasteiger partial charge in [0.15, 0.2) is 0 Å². The molecule has 37 heavy (non-hydrogen) atoms. The lowest BCUT2D eigenvalue weighted by Gasteiger charge is -2.28. The van der Waals surface area contributed by atoms with Crippen molar-refractivity contribution in [2.75, 3.05) is 24.5 Å². The van der Waals surface area contributed by atoms with E-state index in [0.717, 1.165) is 31.5 Å². The number of amidine groups is 1. The van der Waals surface area contributed by atoms with Crippen LogP contribution in [0.2, 0.25) is 0 Å². The molecule has 0 unspecified atom stereocenters. The molecule has 0 aliphatic carbocycles. The van der Waals surface area contributed by atoms with Crippen molar-refractivity contribution in [1.82, 2.24) is 5.32 Å². The molecule has 1 aliphatic rings. The van der Waals surface area contributed by atoms with Crippen LogP contribution in [0.4, 0.5) is 5.69 Å². The minimum atomic E-state index is -1.24. The average Bonchev–Trinajstić information content (AvgIpc) is 2.86. The third-order valence-corrected chi connectivity index (χ3v) is 5.96. The highest BCUT2D eigenvalue weighted by Gasteiger charge is 2.27. The molecule has 3 rings (SSSR count). The molecular weight excluding hydrogens is 476 g/mol. The molecule has 1 heterocycles. The van der Waals surface area contributed by atoms with E-state index in [1.165, 1.54) is 11.0 Å². The summed E-state index contributed by atoms with van der Waals surface area (Å²) in [5.74, 6) is -2.79. The molecule has 196 valence electrons. The number of hydrogen-bond acceptors (Lipinski definition) is 6. The second kappa shape index (κ2) is 12.7. The van der Waals surface area contributed by atoms with Gasteiger partial charge in [-0.3, -0.25) is 15.0 Å². The maximum absolute atomic E-state index is 13.2. The Balaban J connectivity index is 1.98. The van der Waals surface area contributed by atoms with Gasteiger partial charge in [0.2, 0.25) is 5.91 Å². The van der Waals surface area contributed by atoms with Crippen molar-refractivity contribution in [2.24, 2.45) is 5.73 Å². The number of aromatic carboxylic acids is 1. The Hall–Kier alpha value is -4.18. The first kappa shape index (κ1) is 27.4. The van der Waals surface area contributed by atoms with Crippen LogP contribution in [0.15, 0.2) is 48.0 Å². The number of piperidine rings is 1. The topological polar surface area (TPSA) is 166 Å². The molecule has 0 saturated carbocycles. The van der Waals surface area contributed by atoms with Crippen LogP contribution in [0.1, 0.15) is 54.1 Å². The van der Waals surface area contributed by atoms with Crippen LogP contribution in [0.25, 0.3) is 6.08 Å². The van der Waals surface area contributed by atoms with E-state index >= 15 is 0 Å². The van der Waals surface area contributed by atoms with E-state index in [9.17, 15) is 19.5 Å². The Morgan fingerprint density at radius 2 is 1.84 bits per heavy atom. The largest absolute Gasteiger partial charge is 0.489 e. The van der Waals surface area contributed by atoms with Gasteiger partial charge < -0.3 is 30.9 Å². The standard InChI is InChI=1S/C27H32N4O6/c1-17(14-18-4-2-5-19(15-18)26(28)29)16-31(23(32)8-9-24(33)34)21-6-3-7-22(25(21)27(35)36)37-20-10-12-30-13-11-20/h2-7,14-15,20,30H,8-13,16H2,1H3,(H3,28,29)(H,33,34)(H,35,36)/b17-14+. The van der Waals surface area contributed by atoms with Gasteiger partial charge in [-0.1, -0.05) is 35.9 Å². The zero-order chi connectivity index (χ0) is 26.9. The minimum Gasteiger partial charge on any atom is -0.489 e. The fourth-order valence-electron chi connectivity index (χ4n) is 4.18. The van der Waals surface area contributed by atoms with Crippen molar-refractivity contribution < 1.29 is 29.3 Å². The van der Waals surface area contributed by atoms with Gasteiger partial charge in [-0.05, 0) is 56.6 Å². The number of ether oxygens (including phenoxy) is 1. The van der Waals surface area contributed by atoms with Crippen LogP contribution in [-0.4, -0.2) is 59.6 Å². The quantitative estimate of drug-likeness (QED) is 0.228. The predicted molar refractivity (Wildman–Crippen MR) is 140 cm³/mol. The van der Waals surface area contributed by atoms with Crippen LogP contribution in [0.3, 0.4) is 0 Å². The van der Waals surface area contributed by atoms with Crippen LogP contribution in [-0.2, 0) is 9.59 Å². The molecule has 0 bridgehead atoms. The summed E-state index contributed by atoms with van der Waals surface area (Å²) in [6.07, 6.45) is 2.44. The smallest absolute Gasteiger partial charge is 0.341 e. The third-order valence-electron chi connectivity index (χ3n) is 5.96. The number of carboxylic acid groups (broad SMARTS) is 2. The Bertz CT molecular complexity index is 1200. The number of anilines is 1. The van der Waals surface area contributed by atoms with Crippen LogP contribution < -0.4 is 20.7 Å². The lowest BCUT2D eigenvalue weighted by Crippen LogP contribution is -2.35. The molecule has 0 spiro atoms. The first-order chi connectivity index (χ1) is 17.7. The Labute approximate surface area is 215 Å². The number of carboxylic acids is 2. The van der Waals surface area contributed by atoms with Gasteiger partial charge in [0.25, 0.3) is 0 Å². The van der Waals surface area contributed by atoms with Gasteiger partial charge in [0.05, 0.1) is 12.1 Å². The number of aliphatic carboxylic acids is 1. The molecule has 0 aromatic heterocycles. The van der Waals surface area contributed by atoms with E-state index < -0.39 is 17.8 Å². The van der Waals surface area contributed by atoms with Crippen molar-refractivity contribution in [3.63, 3.8) is 0 Å². The highest BCUT2D eigenvalue weighted by Crippen LogP contribution is 2.32. The SMILES string of the molecule is C/C(=C\c1cccc(C(=N)N)c1)CN(C(=O)CCC(=O)O)c1cccc(OC2CCNCC2)c1C(=O)O. The van der Waals surface area contributed by atoms with Crippen molar-refractivity contribution in [1.29, 1.82) is 5.41 Å². The molecule has 1 fully saturated rings. The summed E-state index contributed by atoms with van der Waals surface area (Å²) in [6.45, 7) is 3.34. The van der Waals surface area contributed by atoms with E-state index in [1.807, 2.05) is 6.07 Å². The number of nitrogens with one attached hydrogen (secondary N) is 2. The molecule has 10 heteroatoms. The second-order valence-electron chi connectivity index (χ2n) is 8.93. The number of nitrogen functional groups attached to an aromatic ring is 1. The van der Waals surface area contributed by atoms with Crippen molar-refractivity contribution in [3.05, 3.63) is 64.7 Å². The van der Waals surface area contributed by atoms with Gasteiger partial charge in [0, 0.05) is 18.5 Å². The first-order valence-corrected chi connectivity index (χ1v) is 12.0. The first-order valence-electron chi connectivity index (χ1n) is 12.0. The van der Waals surface area contributed by atoms with Crippen LogP contribution >= 0.6 is 0 Å². The normalized spacial score (nSPS) is 14.1. The molecule has 2 aromatic carbocycles. The maximum atomic E-state index is 13.2. The van der Waals surface area contributed by atoms with E-state index in [1.54, 1.807) is 43.3 Å². The van der Waals surface area contributed by atoms with Gasteiger partial charge in [-0.25, -0.2) is 4.79 Å². The summed E-state index contributed by atoms with van der Waals surface area (Å²) in [4.78, 5) is 38.0. The number of carbonyl (C=O) groups is 3. The number of hydrogen-bond donors (Lipinski definition) is 5. The Morgan fingerprint density at radius 1 is 1.14 bits per heavy atom. The minimum absolute atomic E-state index is 0.0276. The van der Waals surface area contributed by atoms with Crippen molar-refractivity contribution >= 4 is 35.4 Å². The summed E-state index contributed by atoms with van der Waals surface area (Å²) in [6, 6.07) is 11.8. The predicted octanol–water partition coefficient (Wildman–Crippen LogP) is 3.10. The molecule has 1 aliphatic heterocycles.